The molecule has 3 heterocycles. The van der Waals surface area contributed by atoms with Crippen LogP contribution in [0.15, 0.2) is 41.8 Å². The van der Waals surface area contributed by atoms with Crippen LogP contribution in [0.5, 0.6) is 0 Å². The summed E-state index contributed by atoms with van der Waals surface area (Å²) in [7, 11) is 0. The van der Waals surface area contributed by atoms with Crippen LogP contribution >= 0.6 is 11.3 Å². The number of benzene rings is 1. The summed E-state index contributed by atoms with van der Waals surface area (Å²) in [5.41, 5.74) is 1.98. The van der Waals surface area contributed by atoms with E-state index in [2.05, 4.69) is 0 Å². The third-order valence-corrected chi connectivity index (χ3v) is 6.21. The van der Waals surface area contributed by atoms with Gasteiger partial charge >= 0.3 is 5.97 Å². The molecule has 3 aromatic rings. The van der Waals surface area contributed by atoms with Crippen molar-refractivity contribution in [2.24, 2.45) is 5.92 Å². The van der Waals surface area contributed by atoms with E-state index >= 15 is 0 Å². The second-order valence-electron chi connectivity index (χ2n) is 7.22. The van der Waals surface area contributed by atoms with Gasteiger partial charge in [-0.05, 0) is 43.3 Å². The Labute approximate surface area is 172 Å². The van der Waals surface area contributed by atoms with Gasteiger partial charge in [0, 0.05) is 18.7 Å². The summed E-state index contributed by atoms with van der Waals surface area (Å²) in [6, 6.07) is 10.4. The fourth-order valence-corrected chi connectivity index (χ4v) is 4.72. The number of hydrogen-bond acceptors (Lipinski definition) is 4. The van der Waals surface area contributed by atoms with Crippen molar-refractivity contribution < 1.29 is 18.7 Å². The van der Waals surface area contributed by atoms with E-state index in [9.17, 15) is 14.0 Å². The SMILES string of the molecule is CCOC(=O)[C@@H]1CCCN(C(=O)c2cc3sccc3n2Cc2ccccc2F)C1. The Morgan fingerprint density at radius 3 is 2.90 bits per heavy atom. The van der Waals surface area contributed by atoms with Gasteiger partial charge in [-0.1, -0.05) is 18.2 Å². The van der Waals surface area contributed by atoms with Crippen LogP contribution < -0.4 is 0 Å². The maximum absolute atomic E-state index is 14.3. The Morgan fingerprint density at radius 1 is 1.28 bits per heavy atom. The van der Waals surface area contributed by atoms with E-state index in [0.29, 0.717) is 31.0 Å². The molecule has 1 aromatic carbocycles. The van der Waals surface area contributed by atoms with Gasteiger partial charge < -0.3 is 14.2 Å². The molecular weight excluding hydrogens is 391 g/mol. The molecular formula is C22H23FN2O3S. The number of fused-ring (bicyclic) bond motifs is 1. The minimum absolute atomic E-state index is 0.126. The summed E-state index contributed by atoms with van der Waals surface area (Å²) >= 11 is 1.55. The Kier molecular flexibility index (Phi) is 5.67. The lowest BCUT2D eigenvalue weighted by atomic mass is 9.98. The monoisotopic (exact) mass is 414 g/mol. The van der Waals surface area contributed by atoms with Gasteiger partial charge in [0.15, 0.2) is 0 Å². The van der Waals surface area contributed by atoms with Crippen molar-refractivity contribution in [3.05, 3.63) is 58.9 Å². The number of rotatable bonds is 5. The van der Waals surface area contributed by atoms with Gasteiger partial charge in [0.25, 0.3) is 5.91 Å². The lowest BCUT2D eigenvalue weighted by Gasteiger charge is -2.31. The first-order chi connectivity index (χ1) is 14.1. The van der Waals surface area contributed by atoms with E-state index in [1.807, 2.05) is 22.1 Å². The van der Waals surface area contributed by atoms with Crippen LogP contribution in [0.3, 0.4) is 0 Å². The number of esters is 1. The first-order valence-electron chi connectivity index (χ1n) is 9.84. The number of amides is 1. The van der Waals surface area contributed by atoms with Crippen molar-refractivity contribution >= 4 is 33.4 Å². The molecule has 0 N–H and O–H groups in total. The third kappa shape index (κ3) is 3.92. The molecule has 152 valence electrons. The second kappa shape index (κ2) is 8.37. The molecule has 29 heavy (non-hydrogen) atoms. The fraction of sp³-hybridized carbons (Fsp3) is 0.364. The number of carbonyl (C=O) groups excluding carboxylic acids is 2. The quantitative estimate of drug-likeness (QED) is 0.585. The van der Waals surface area contributed by atoms with Crippen molar-refractivity contribution in [3.8, 4) is 0 Å². The number of aromatic nitrogens is 1. The highest BCUT2D eigenvalue weighted by atomic mass is 32.1. The van der Waals surface area contributed by atoms with Gasteiger partial charge in [-0.25, -0.2) is 4.39 Å². The van der Waals surface area contributed by atoms with Gasteiger partial charge in [0.2, 0.25) is 0 Å². The lowest BCUT2D eigenvalue weighted by Crippen LogP contribution is -2.43. The maximum Gasteiger partial charge on any atom is 0.310 e. The highest BCUT2D eigenvalue weighted by molar-refractivity contribution is 7.17. The minimum atomic E-state index is -0.289. The standard InChI is InChI=1S/C22H23FN2O3S/c1-2-28-22(27)16-7-5-10-24(13-16)21(26)19-12-20-18(9-11-29-20)25(19)14-15-6-3-4-8-17(15)23/h3-4,6,8-9,11-12,16H,2,5,7,10,13-14H2,1H3/t16-/m1/s1. The Morgan fingerprint density at radius 2 is 2.10 bits per heavy atom. The zero-order valence-corrected chi connectivity index (χ0v) is 17.1. The summed E-state index contributed by atoms with van der Waals surface area (Å²) < 4.78 is 22.3. The van der Waals surface area contributed by atoms with Crippen LogP contribution in [0.2, 0.25) is 0 Å². The number of likely N-dealkylation sites (tertiary alicyclic amines) is 1. The van der Waals surface area contributed by atoms with Gasteiger partial charge in [-0.15, -0.1) is 11.3 Å². The molecule has 0 aliphatic carbocycles. The summed E-state index contributed by atoms with van der Waals surface area (Å²) in [4.78, 5) is 27.2. The molecule has 4 rings (SSSR count). The molecule has 0 unspecified atom stereocenters. The molecule has 1 amide bonds. The molecule has 0 bridgehead atoms. The summed E-state index contributed by atoms with van der Waals surface area (Å²) in [5.74, 6) is -0.946. The average Bonchev–Trinajstić information content (AvgIpc) is 3.32. The number of piperidine rings is 1. The van der Waals surface area contributed by atoms with E-state index in [4.69, 9.17) is 4.74 Å². The first-order valence-corrected chi connectivity index (χ1v) is 10.7. The molecule has 1 aliphatic rings. The van der Waals surface area contributed by atoms with Crippen LogP contribution in [0.4, 0.5) is 4.39 Å². The molecule has 2 aromatic heterocycles. The normalized spacial score (nSPS) is 16.9. The molecule has 0 saturated carbocycles. The Balaban J connectivity index is 1.63. The molecule has 5 nitrogen and oxygen atoms in total. The number of halogens is 1. The Bertz CT molecular complexity index is 1040. The summed E-state index contributed by atoms with van der Waals surface area (Å²) in [5, 5.41) is 1.97. The molecule has 0 radical (unpaired) electrons. The molecule has 0 spiro atoms. The number of thiophene rings is 1. The zero-order chi connectivity index (χ0) is 20.4. The topological polar surface area (TPSA) is 51.5 Å². The van der Waals surface area contributed by atoms with Crippen LogP contribution in [-0.2, 0) is 16.1 Å². The van der Waals surface area contributed by atoms with E-state index in [-0.39, 0.29) is 30.2 Å². The first kappa shape index (κ1) is 19.6. The number of carbonyl (C=O) groups is 2. The van der Waals surface area contributed by atoms with Crippen LogP contribution in [0.25, 0.3) is 10.2 Å². The molecule has 7 heteroatoms. The van der Waals surface area contributed by atoms with Crippen molar-refractivity contribution in [2.45, 2.75) is 26.3 Å². The summed E-state index contributed by atoms with van der Waals surface area (Å²) in [6.07, 6.45) is 1.49. The third-order valence-electron chi connectivity index (χ3n) is 5.36. The number of hydrogen-bond donors (Lipinski definition) is 0. The molecule has 1 fully saturated rings. The van der Waals surface area contributed by atoms with Crippen molar-refractivity contribution in [1.29, 1.82) is 0 Å². The number of ether oxygens (including phenoxy) is 1. The molecule has 1 atom stereocenters. The summed E-state index contributed by atoms with van der Waals surface area (Å²) in [6.45, 7) is 3.36. The molecule has 1 saturated heterocycles. The highest BCUT2D eigenvalue weighted by Gasteiger charge is 2.31. The van der Waals surface area contributed by atoms with E-state index in [0.717, 1.165) is 23.1 Å². The minimum Gasteiger partial charge on any atom is -0.466 e. The smallest absolute Gasteiger partial charge is 0.310 e. The van der Waals surface area contributed by atoms with Gasteiger partial charge in [0.1, 0.15) is 11.5 Å². The van der Waals surface area contributed by atoms with Crippen molar-refractivity contribution in [1.82, 2.24) is 9.47 Å². The van der Waals surface area contributed by atoms with Gasteiger partial charge in [0.05, 0.1) is 29.3 Å². The highest BCUT2D eigenvalue weighted by Crippen LogP contribution is 2.29. The van der Waals surface area contributed by atoms with Crippen LogP contribution in [0, 0.1) is 11.7 Å². The average molecular weight is 415 g/mol. The maximum atomic E-state index is 14.3. The van der Waals surface area contributed by atoms with Crippen molar-refractivity contribution in [3.63, 3.8) is 0 Å². The Hall–Kier alpha value is -2.67. The van der Waals surface area contributed by atoms with E-state index in [1.165, 1.54) is 6.07 Å². The van der Waals surface area contributed by atoms with E-state index in [1.54, 1.807) is 41.4 Å². The van der Waals surface area contributed by atoms with E-state index < -0.39 is 0 Å². The lowest BCUT2D eigenvalue weighted by molar-refractivity contribution is -0.149. The van der Waals surface area contributed by atoms with Crippen LogP contribution in [-0.4, -0.2) is 41.0 Å². The fourth-order valence-electron chi connectivity index (χ4n) is 3.90. The number of nitrogens with zero attached hydrogens (tertiary/aromatic N) is 2. The largest absolute Gasteiger partial charge is 0.466 e. The van der Waals surface area contributed by atoms with Crippen molar-refractivity contribution in [2.75, 3.05) is 19.7 Å². The second-order valence-corrected chi connectivity index (χ2v) is 8.17. The zero-order valence-electron chi connectivity index (χ0n) is 16.3. The molecule has 1 aliphatic heterocycles. The van der Waals surface area contributed by atoms with Gasteiger partial charge in [-0.3, -0.25) is 9.59 Å². The van der Waals surface area contributed by atoms with Crippen LogP contribution in [0.1, 0.15) is 35.8 Å². The van der Waals surface area contributed by atoms with Gasteiger partial charge in [-0.2, -0.15) is 0 Å². The predicted octanol–water partition coefficient (Wildman–Crippen LogP) is 4.31. The predicted molar refractivity (Wildman–Crippen MR) is 111 cm³/mol.